The number of fused-ring (bicyclic) bond motifs is 1. The molecule has 2 atom stereocenters. The molecule has 0 radical (unpaired) electrons. The summed E-state index contributed by atoms with van der Waals surface area (Å²) in [5, 5.41) is 9.44. The third-order valence-electron chi connectivity index (χ3n) is 2.92. The van der Waals surface area contributed by atoms with Crippen molar-refractivity contribution in [2.24, 2.45) is 0 Å². The highest BCUT2D eigenvalue weighted by molar-refractivity contribution is 8.00. The first-order valence-electron chi connectivity index (χ1n) is 5.75. The van der Waals surface area contributed by atoms with E-state index in [-0.39, 0.29) is 0 Å². The molecule has 0 bridgehead atoms. The molecule has 0 fully saturated rings. The van der Waals surface area contributed by atoms with Gasteiger partial charge in [0, 0.05) is 34.2 Å². The molecule has 1 aliphatic heterocycles. The molecule has 1 nitrogen and oxygen atoms in total. The van der Waals surface area contributed by atoms with Crippen LogP contribution in [0.3, 0.4) is 0 Å². The number of benzene rings is 1. The Labute approximate surface area is 106 Å². The number of hydrogen-bond donors (Lipinski definition) is 1. The number of hydrogen-bond acceptors (Lipinski definition) is 3. The topological polar surface area (TPSA) is 20.2 Å². The van der Waals surface area contributed by atoms with Gasteiger partial charge in [-0.15, -0.1) is 11.8 Å². The van der Waals surface area contributed by atoms with Gasteiger partial charge in [0.15, 0.2) is 0 Å². The molecule has 0 amide bonds. The molecule has 16 heavy (non-hydrogen) atoms. The van der Waals surface area contributed by atoms with Gasteiger partial charge in [-0.2, -0.15) is 11.8 Å². The predicted octanol–water partition coefficient (Wildman–Crippen LogP) is 3.38. The van der Waals surface area contributed by atoms with E-state index in [1.54, 1.807) is 0 Å². The van der Waals surface area contributed by atoms with Crippen molar-refractivity contribution in [3.63, 3.8) is 0 Å². The van der Waals surface area contributed by atoms with Gasteiger partial charge >= 0.3 is 0 Å². The maximum atomic E-state index is 8.87. The second kappa shape index (κ2) is 5.99. The Bertz CT molecular complexity index is 340. The third kappa shape index (κ3) is 2.96. The molecule has 1 aliphatic rings. The van der Waals surface area contributed by atoms with E-state index in [4.69, 9.17) is 5.11 Å². The SMILES string of the molecule is CC(CCO)SCC1CSc2ccccc21. The van der Waals surface area contributed by atoms with Crippen molar-refractivity contribution in [3.8, 4) is 0 Å². The van der Waals surface area contributed by atoms with E-state index in [2.05, 4.69) is 31.2 Å². The number of thioether (sulfide) groups is 2. The monoisotopic (exact) mass is 254 g/mol. The van der Waals surface area contributed by atoms with Crippen LogP contribution in [-0.4, -0.2) is 28.5 Å². The van der Waals surface area contributed by atoms with Gasteiger partial charge in [-0.05, 0) is 18.1 Å². The van der Waals surface area contributed by atoms with Crippen molar-refractivity contribution >= 4 is 23.5 Å². The Balaban J connectivity index is 1.88. The summed E-state index contributed by atoms with van der Waals surface area (Å²) < 4.78 is 0. The molecule has 0 aliphatic carbocycles. The first-order valence-corrected chi connectivity index (χ1v) is 7.79. The predicted molar refractivity (Wildman–Crippen MR) is 73.5 cm³/mol. The molecule has 0 spiro atoms. The first kappa shape index (κ1) is 12.3. The van der Waals surface area contributed by atoms with Crippen molar-refractivity contribution in [1.29, 1.82) is 0 Å². The molecule has 1 aromatic carbocycles. The zero-order valence-corrected chi connectivity index (χ0v) is 11.2. The zero-order chi connectivity index (χ0) is 11.4. The molecular formula is C13H18OS2. The van der Waals surface area contributed by atoms with Crippen molar-refractivity contribution in [3.05, 3.63) is 29.8 Å². The summed E-state index contributed by atoms with van der Waals surface area (Å²) >= 11 is 3.97. The summed E-state index contributed by atoms with van der Waals surface area (Å²) in [5.74, 6) is 3.11. The van der Waals surface area contributed by atoms with Gasteiger partial charge in [0.2, 0.25) is 0 Å². The minimum atomic E-state index is 0.310. The van der Waals surface area contributed by atoms with Crippen molar-refractivity contribution < 1.29 is 5.11 Å². The summed E-state index contributed by atoms with van der Waals surface area (Å²) in [5.41, 5.74) is 1.52. The quantitative estimate of drug-likeness (QED) is 0.870. The van der Waals surface area contributed by atoms with E-state index < -0.39 is 0 Å². The first-order chi connectivity index (χ1) is 7.81. The Morgan fingerprint density at radius 2 is 2.31 bits per heavy atom. The standard InChI is InChI=1S/C13H18OS2/c1-10(6-7-14)15-8-11-9-16-13-5-3-2-4-12(11)13/h2-5,10-11,14H,6-9H2,1H3. The van der Waals surface area contributed by atoms with Crippen LogP contribution in [0.25, 0.3) is 0 Å². The largest absolute Gasteiger partial charge is 0.396 e. The van der Waals surface area contributed by atoms with E-state index in [1.807, 2.05) is 23.5 Å². The molecule has 3 heteroatoms. The van der Waals surface area contributed by atoms with Gasteiger partial charge in [0.25, 0.3) is 0 Å². The second-order valence-electron chi connectivity index (χ2n) is 4.20. The molecule has 1 heterocycles. The van der Waals surface area contributed by atoms with Gasteiger partial charge in [0.05, 0.1) is 0 Å². The van der Waals surface area contributed by atoms with E-state index in [0.29, 0.717) is 17.8 Å². The Kier molecular flexibility index (Phi) is 4.62. The highest BCUT2D eigenvalue weighted by Crippen LogP contribution is 2.41. The lowest BCUT2D eigenvalue weighted by atomic mass is 10.0. The van der Waals surface area contributed by atoms with Crippen molar-refractivity contribution in [2.75, 3.05) is 18.1 Å². The van der Waals surface area contributed by atoms with E-state index in [1.165, 1.54) is 22.0 Å². The summed E-state index contributed by atoms with van der Waals surface area (Å²) in [6.45, 7) is 2.51. The van der Waals surface area contributed by atoms with Crippen LogP contribution in [0, 0.1) is 0 Å². The Morgan fingerprint density at radius 3 is 3.12 bits per heavy atom. The number of aliphatic hydroxyl groups is 1. The van der Waals surface area contributed by atoms with E-state index in [0.717, 1.165) is 6.42 Å². The van der Waals surface area contributed by atoms with Gasteiger partial charge in [0.1, 0.15) is 0 Å². The van der Waals surface area contributed by atoms with Crippen LogP contribution in [-0.2, 0) is 0 Å². The van der Waals surface area contributed by atoms with Crippen LogP contribution in [0.5, 0.6) is 0 Å². The fourth-order valence-electron chi connectivity index (χ4n) is 1.91. The van der Waals surface area contributed by atoms with Gasteiger partial charge in [-0.25, -0.2) is 0 Å². The summed E-state index contributed by atoms with van der Waals surface area (Å²) in [7, 11) is 0. The number of aliphatic hydroxyl groups excluding tert-OH is 1. The molecule has 2 rings (SSSR count). The van der Waals surface area contributed by atoms with Crippen LogP contribution in [0.15, 0.2) is 29.2 Å². The lowest BCUT2D eigenvalue weighted by Gasteiger charge is -2.14. The minimum Gasteiger partial charge on any atom is -0.396 e. The maximum Gasteiger partial charge on any atom is 0.0441 e. The van der Waals surface area contributed by atoms with Gasteiger partial charge in [-0.3, -0.25) is 0 Å². The molecule has 2 unspecified atom stereocenters. The average Bonchev–Trinajstić information content (AvgIpc) is 2.70. The molecule has 0 saturated carbocycles. The molecule has 0 saturated heterocycles. The smallest absolute Gasteiger partial charge is 0.0441 e. The Morgan fingerprint density at radius 1 is 1.50 bits per heavy atom. The fourth-order valence-corrected chi connectivity index (χ4v) is 4.45. The van der Waals surface area contributed by atoms with Crippen molar-refractivity contribution in [2.45, 2.75) is 29.4 Å². The third-order valence-corrected chi connectivity index (χ3v) is 5.57. The second-order valence-corrected chi connectivity index (χ2v) is 6.74. The van der Waals surface area contributed by atoms with Crippen molar-refractivity contribution in [1.82, 2.24) is 0 Å². The molecule has 0 aromatic heterocycles. The van der Waals surface area contributed by atoms with Crippen LogP contribution < -0.4 is 0 Å². The summed E-state index contributed by atoms with van der Waals surface area (Å²) in [6, 6.07) is 8.74. The lowest BCUT2D eigenvalue weighted by Crippen LogP contribution is -2.06. The molecular weight excluding hydrogens is 236 g/mol. The molecule has 88 valence electrons. The van der Waals surface area contributed by atoms with E-state index in [9.17, 15) is 0 Å². The fraction of sp³-hybridized carbons (Fsp3) is 0.538. The van der Waals surface area contributed by atoms with Crippen LogP contribution in [0.2, 0.25) is 0 Å². The lowest BCUT2D eigenvalue weighted by molar-refractivity contribution is 0.289. The maximum absolute atomic E-state index is 8.87. The summed E-state index contributed by atoms with van der Waals surface area (Å²) in [4.78, 5) is 1.46. The van der Waals surface area contributed by atoms with Gasteiger partial charge < -0.3 is 5.11 Å². The minimum absolute atomic E-state index is 0.310. The van der Waals surface area contributed by atoms with Crippen LogP contribution in [0.4, 0.5) is 0 Å². The Hall–Kier alpha value is -0.120. The molecule has 1 aromatic rings. The zero-order valence-electron chi connectivity index (χ0n) is 9.56. The number of rotatable bonds is 5. The highest BCUT2D eigenvalue weighted by Gasteiger charge is 2.22. The van der Waals surface area contributed by atoms with Crippen LogP contribution >= 0.6 is 23.5 Å². The van der Waals surface area contributed by atoms with Gasteiger partial charge in [-0.1, -0.05) is 25.1 Å². The normalized spacial score (nSPS) is 20.8. The highest BCUT2D eigenvalue weighted by atomic mass is 32.2. The molecule has 1 N–H and O–H groups in total. The van der Waals surface area contributed by atoms with E-state index >= 15 is 0 Å². The average molecular weight is 254 g/mol. The summed E-state index contributed by atoms with van der Waals surface area (Å²) in [6.07, 6.45) is 0.909. The van der Waals surface area contributed by atoms with Crippen LogP contribution in [0.1, 0.15) is 24.8 Å².